The van der Waals surface area contributed by atoms with Gasteiger partial charge in [0, 0.05) is 32.0 Å². The van der Waals surface area contributed by atoms with Crippen molar-refractivity contribution in [1.29, 1.82) is 0 Å². The Bertz CT molecular complexity index is 1440. The maximum absolute atomic E-state index is 14.0. The molecule has 0 radical (unpaired) electrons. The van der Waals surface area contributed by atoms with Crippen molar-refractivity contribution < 1.29 is 18.0 Å². The third-order valence-electron chi connectivity index (χ3n) is 8.05. The Labute approximate surface area is 251 Å². The maximum Gasteiger partial charge on any atom is 0.243 e. The molecule has 1 aliphatic carbocycles. The van der Waals surface area contributed by atoms with Crippen LogP contribution in [-0.2, 0) is 32.6 Å². The average Bonchev–Trinajstić information content (AvgIpc) is 3.47. The molecular formula is C34H43N3O4S. The summed E-state index contributed by atoms with van der Waals surface area (Å²) in [6.07, 6.45) is 6.12. The molecule has 0 aliphatic heterocycles. The molecule has 0 aromatic heterocycles. The number of anilines is 1. The fourth-order valence-corrected chi connectivity index (χ4v) is 6.57. The van der Waals surface area contributed by atoms with Crippen LogP contribution in [0.5, 0.6) is 0 Å². The zero-order chi connectivity index (χ0) is 30.1. The number of amides is 2. The molecule has 0 unspecified atom stereocenters. The molecular weight excluding hydrogens is 546 g/mol. The van der Waals surface area contributed by atoms with E-state index in [4.69, 9.17) is 0 Å². The second kappa shape index (κ2) is 14.5. The molecule has 4 rings (SSSR count). The highest BCUT2D eigenvalue weighted by molar-refractivity contribution is 7.92. The summed E-state index contributed by atoms with van der Waals surface area (Å²) in [6.45, 7) is 4.43. The monoisotopic (exact) mass is 589 g/mol. The Morgan fingerprint density at radius 3 is 2.19 bits per heavy atom. The van der Waals surface area contributed by atoms with E-state index in [2.05, 4.69) is 5.32 Å². The van der Waals surface area contributed by atoms with Crippen molar-refractivity contribution >= 4 is 27.5 Å². The number of rotatable bonds is 13. The predicted molar refractivity (Wildman–Crippen MR) is 169 cm³/mol. The van der Waals surface area contributed by atoms with Gasteiger partial charge in [-0.1, -0.05) is 85.1 Å². The number of carbonyl (C=O) groups excluding carboxylic acids is 2. The van der Waals surface area contributed by atoms with Crippen LogP contribution in [-0.4, -0.2) is 50.0 Å². The van der Waals surface area contributed by atoms with Crippen LogP contribution in [0.3, 0.4) is 0 Å². The summed E-state index contributed by atoms with van der Waals surface area (Å²) in [5.41, 5.74) is 4.62. The first kappa shape index (κ1) is 31.3. The second-order valence-electron chi connectivity index (χ2n) is 11.4. The fourth-order valence-electron chi connectivity index (χ4n) is 5.61. The lowest BCUT2D eigenvalue weighted by Gasteiger charge is -2.33. The lowest BCUT2D eigenvalue weighted by Crippen LogP contribution is -2.52. The summed E-state index contributed by atoms with van der Waals surface area (Å²) >= 11 is 0. The molecule has 8 heteroatoms. The smallest absolute Gasteiger partial charge is 0.243 e. The Morgan fingerprint density at radius 2 is 1.55 bits per heavy atom. The van der Waals surface area contributed by atoms with E-state index in [1.165, 1.54) is 10.6 Å². The van der Waals surface area contributed by atoms with E-state index in [-0.39, 0.29) is 30.8 Å². The molecule has 1 fully saturated rings. The summed E-state index contributed by atoms with van der Waals surface area (Å²) in [5, 5.41) is 3.23. The van der Waals surface area contributed by atoms with Crippen molar-refractivity contribution in [2.24, 2.45) is 0 Å². The molecule has 2 amide bonds. The molecule has 1 N–H and O–H groups in total. The topological polar surface area (TPSA) is 86.8 Å². The number of hydrogen-bond acceptors (Lipinski definition) is 4. The number of benzene rings is 3. The minimum atomic E-state index is -3.54. The van der Waals surface area contributed by atoms with Gasteiger partial charge < -0.3 is 10.2 Å². The summed E-state index contributed by atoms with van der Waals surface area (Å²) in [5.74, 6) is -0.303. The molecule has 0 spiro atoms. The Hall–Kier alpha value is -3.65. The highest BCUT2D eigenvalue weighted by Gasteiger charge is 2.32. The molecule has 1 aliphatic rings. The largest absolute Gasteiger partial charge is 0.352 e. The number of sulfonamides is 1. The van der Waals surface area contributed by atoms with Gasteiger partial charge in [-0.15, -0.1) is 0 Å². The van der Waals surface area contributed by atoms with Gasteiger partial charge in [-0.25, -0.2) is 8.42 Å². The van der Waals surface area contributed by atoms with Gasteiger partial charge in [0.15, 0.2) is 0 Å². The van der Waals surface area contributed by atoms with Crippen LogP contribution in [0.1, 0.15) is 60.8 Å². The van der Waals surface area contributed by atoms with E-state index in [1.807, 2.05) is 80.6 Å². The average molecular weight is 590 g/mol. The van der Waals surface area contributed by atoms with Gasteiger partial charge >= 0.3 is 0 Å². The minimum Gasteiger partial charge on any atom is -0.352 e. The summed E-state index contributed by atoms with van der Waals surface area (Å²) < 4.78 is 26.6. The summed E-state index contributed by atoms with van der Waals surface area (Å²) in [4.78, 5) is 29.6. The first-order valence-electron chi connectivity index (χ1n) is 14.8. The highest BCUT2D eigenvalue weighted by Crippen LogP contribution is 2.23. The first-order valence-corrected chi connectivity index (χ1v) is 16.7. The lowest BCUT2D eigenvalue weighted by atomic mass is 10.0. The van der Waals surface area contributed by atoms with Crippen LogP contribution < -0.4 is 9.62 Å². The van der Waals surface area contributed by atoms with E-state index in [9.17, 15) is 18.0 Å². The van der Waals surface area contributed by atoms with Gasteiger partial charge in [0.05, 0.1) is 11.9 Å². The minimum absolute atomic E-state index is 0.117. The van der Waals surface area contributed by atoms with E-state index in [1.54, 1.807) is 17.0 Å². The van der Waals surface area contributed by atoms with Gasteiger partial charge in [-0.2, -0.15) is 0 Å². The van der Waals surface area contributed by atoms with Gasteiger partial charge in [-0.05, 0) is 61.9 Å². The normalized spacial score (nSPS) is 14.4. The van der Waals surface area contributed by atoms with Crippen molar-refractivity contribution in [3.63, 3.8) is 0 Å². The van der Waals surface area contributed by atoms with Crippen LogP contribution in [0.15, 0.2) is 78.9 Å². The molecule has 0 heterocycles. The number of nitrogens with one attached hydrogen (secondary N) is 1. The SMILES string of the molecule is Cc1ccc(N(CCCC(=O)N(Cc2ccccc2C)[C@@H](Cc2ccccc2)C(=O)NC2CCCC2)S(C)(=O)=O)cc1. The zero-order valence-corrected chi connectivity index (χ0v) is 25.8. The van der Waals surface area contributed by atoms with E-state index in [0.29, 0.717) is 25.1 Å². The van der Waals surface area contributed by atoms with E-state index >= 15 is 0 Å². The molecule has 1 atom stereocenters. The van der Waals surface area contributed by atoms with Gasteiger partial charge in [0.1, 0.15) is 6.04 Å². The number of hydrogen-bond donors (Lipinski definition) is 1. The number of carbonyl (C=O) groups is 2. The van der Waals surface area contributed by atoms with Crippen LogP contribution in [0.25, 0.3) is 0 Å². The molecule has 224 valence electrons. The van der Waals surface area contributed by atoms with Gasteiger partial charge in [0.25, 0.3) is 0 Å². The Balaban J connectivity index is 1.59. The molecule has 42 heavy (non-hydrogen) atoms. The van der Waals surface area contributed by atoms with Crippen LogP contribution in [0.4, 0.5) is 5.69 Å². The van der Waals surface area contributed by atoms with Gasteiger partial charge in [-0.3, -0.25) is 13.9 Å². The first-order chi connectivity index (χ1) is 20.1. The van der Waals surface area contributed by atoms with Crippen molar-refractivity contribution in [1.82, 2.24) is 10.2 Å². The fraction of sp³-hybridized carbons (Fsp3) is 0.412. The van der Waals surface area contributed by atoms with Gasteiger partial charge in [0.2, 0.25) is 21.8 Å². The molecule has 1 saturated carbocycles. The third-order valence-corrected chi connectivity index (χ3v) is 9.24. The third kappa shape index (κ3) is 8.68. The van der Waals surface area contributed by atoms with Crippen molar-refractivity contribution in [2.75, 3.05) is 17.1 Å². The highest BCUT2D eigenvalue weighted by atomic mass is 32.2. The van der Waals surface area contributed by atoms with Crippen LogP contribution in [0.2, 0.25) is 0 Å². The Kier molecular flexibility index (Phi) is 10.8. The maximum atomic E-state index is 14.0. The van der Waals surface area contributed by atoms with Crippen LogP contribution >= 0.6 is 0 Å². The molecule has 0 saturated heterocycles. The van der Waals surface area contributed by atoms with Crippen LogP contribution in [0, 0.1) is 13.8 Å². The predicted octanol–water partition coefficient (Wildman–Crippen LogP) is 5.55. The standard InChI is InChI=1S/C34H43N3O4S/c1-26-19-21-31(22-20-26)37(42(3,40)41)23-11-18-33(38)36(25-29-15-8-7-12-27(29)2)32(24-28-13-5-4-6-14-28)34(39)35-30-16-9-10-17-30/h4-8,12-15,19-22,30,32H,9-11,16-18,23-25H2,1-3H3,(H,35,39)/t32-/m0/s1. The molecule has 0 bridgehead atoms. The van der Waals surface area contributed by atoms with Crippen molar-refractivity contribution in [3.05, 3.63) is 101 Å². The molecule has 3 aromatic carbocycles. The Morgan fingerprint density at radius 1 is 0.905 bits per heavy atom. The molecule has 3 aromatic rings. The van der Waals surface area contributed by atoms with E-state index < -0.39 is 16.1 Å². The van der Waals surface area contributed by atoms with Crippen molar-refractivity contribution in [2.45, 2.75) is 77.4 Å². The number of nitrogens with zero attached hydrogens (tertiary/aromatic N) is 2. The van der Waals surface area contributed by atoms with Crippen molar-refractivity contribution in [3.8, 4) is 0 Å². The van der Waals surface area contributed by atoms with E-state index in [0.717, 1.165) is 47.9 Å². The zero-order valence-electron chi connectivity index (χ0n) is 25.0. The summed E-state index contributed by atoms with van der Waals surface area (Å²) in [7, 11) is -3.54. The summed E-state index contributed by atoms with van der Waals surface area (Å²) in [6, 6.07) is 24.5. The quantitative estimate of drug-likeness (QED) is 0.283. The lowest BCUT2D eigenvalue weighted by molar-refractivity contribution is -0.141. The number of aryl methyl sites for hydroxylation is 2. The second-order valence-corrected chi connectivity index (χ2v) is 13.3. The molecule has 7 nitrogen and oxygen atoms in total.